The zero-order valence-corrected chi connectivity index (χ0v) is 25.9. The Bertz CT molecular complexity index is 1600. The summed E-state index contributed by atoms with van der Waals surface area (Å²) >= 11 is 0. The quantitative estimate of drug-likeness (QED) is 0.117. The summed E-state index contributed by atoms with van der Waals surface area (Å²) in [6.45, 7) is 6.88. The Hall–Kier alpha value is -3.97. The van der Waals surface area contributed by atoms with Crippen LogP contribution in [0.25, 0.3) is 11.0 Å². The van der Waals surface area contributed by atoms with Crippen molar-refractivity contribution >= 4 is 44.3 Å². The zero-order chi connectivity index (χ0) is 31.4. The van der Waals surface area contributed by atoms with Gasteiger partial charge in [0.25, 0.3) is 0 Å². The summed E-state index contributed by atoms with van der Waals surface area (Å²) in [5, 5.41) is 12.1. The lowest BCUT2D eigenvalue weighted by Crippen LogP contribution is -2.55. The van der Waals surface area contributed by atoms with E-state index in [0.29, 0.717) is 42.1 Å². The number of ether oxygens (including phenoxy) is 1. The number of amidine groups is 1. The van der Waals surface area contributed by atoms with Crippen LogP contribution >= 0.6 is 0 Å². The van der Waals surface area contributed by atoms with Gasteiger partial charge in [0.15, 0.2) is 9.84 Å². The number of likely N-dealkylation sites (tertiary alicyclic amines) is 1. The Labute approximate surface area is 252 Å². The molecule has 2 heterocycles. The molecule has 1 amide bonds. The fourth-order valence-electron chi connectivity index (χ4n) is 5.55. The van der Waals surface area contributed by atoms with E-state index < -0.39 is 26.6 Å². The minimum absolute atomic E-state index is 0.00353. The lowest BCUT2D eigenvalue weighted by atomic mass is 9.78. The van der Waals surface area contributed by atoms with Crippen LogP contribution in [0.4, 0.5) is 5.69 Å². The summed E-state index contributed by atoms with van der Waals surface area (Å²) < 4.78 is 30.1. The highest BCUT2D eigenvalue weighted by atomic mass is 32.2. The molecule has 2 atom stereocenters. The van der Waals surface area contributed by atoms with Crippen molar-refractivity contribution in [3.05, 3.63) is 58.9 Å². The van der Waals surface area contributed by atoms with E-state index in [0.717, 1.165) is 42.3 Å². The number of nitrogens with one attached hydrogen (secondary N) is 4. The molecule has 6 N–H and O–H groups in total. The first-order chi connectivity index (χ1) is 20.3. The molecule has 232 valence electrons. The van der Waals surface area contributed by atoms with Gasteiger partial charge < -0.3 is 25.7 Å². The minimum atomic E-state index is -3.87. The highest BCUT2D eigenvalue weighted by Crippen LogP contribution is 2.33. The molecular weight excluding hydrogens is 570 g/mol. The Morgan fingerprint density at radius 3 is 2.44 bits per heavy atom. The molecule has 0 aliphatic carbocycles. The van der Waals surface area contributed by atoms with Crippen LogP contribution in [-0.2, 0) is 36.1 Å². The molecule has 43 heavy (non-hydrogen) atoms. The van der Waals surface area contributed by atoms with Crippen LogP contribution in [0.5, 0.6) is 0 Å². The second-order valence-electron chi connectivity index (χ2n) is 11.2. The molecule has 0 bridgehead atoms. The molecule has 1 aliphatic rings. The van der Waals surface area contributed by atoms with E-state index in [1.54, 1.807) is 26.0 Å². The summed E-state index contributed by atoms with van der Waals surface area (Å²) in [4.78, 5) is 36.7. The smallest absolute Gasteiger partial charge is 0.338 e. The van der Waals surface area contributed by atoms with Gasteiger partial charge >= 0.3 is 5.97 Å². The molecule has 1 saturated heterocycles. The van der Waals surface area contributed by atoms with Gasteiger partial charge in [-0.05, 0) is 81.5 Å². The molecule has 1 aromatic heterocycles. The summed E-state index contributed by atoms with van der Waals surface area (Å²) in [6, 6.07) is 11.0. The normalized spacial score (nSPS) is 16.0. The van der Waals surface area contributed by atoms with Crippen molar-refractivity contribution in [3.8, 4) is 0 Å². The van der Waals surface area contributed by atoms with Gasteiger partial charge in [0.2, 0.25) is 11.3 Å². The Kier molecular flexibility index (Phi) is 9.75. The number of nitrogens with two attached hydrogens (primary N) is 1. The molecule has 3 aromatic rings. The first-order valence-electron chi connectivity index (χ1n) is 14.4. The SMILES string of the molecule is CCOC(=O)C(NCC(C)(C(=O)N1CCCCC1)c1ccc2[nH]c(CNc3ccc(C(=N)N)cc3)nc2c1C)S(C)(=O)=O. The van der Waals surface area contributed by atoms with E-state index >= 15 is 0 Å². The van der Waals surface area contributed by atoms with Crippen molar-refractivity contribution < 1.29 is 22.7 Å². The van der Waals surface area contributed by atoms with Crippen molar-refractivity contribution in [1.82, 2.24) is 20.2 Å². The van der Waals surface area contributed by atoms with Gasteiger partial charge in [-0.15, -0.1) is 0 Å². The van der Waals surface area contributed by atoms with E-state index in [4.69, 9.17) is 20.9 Å². The van der Waals surface area contributed by atoms with Gasteiger partial charge in [0.1, 0.15) is 11.7 Å². The number of aryl methyl sites for hydroxylation is 1. The minimum Gasteiger partial charge on any atom is -0.464 e. The molecule has 1 aliphatic heterocycles. The van der Waals surface area contributed by atoms with Crippen LogP contribution in [0.2, 0.25) is 0 Å². The van der Waals surface area contributed by atoms with Crippen LogP contribution in [-0.4, -0.2) is 78.9 Å². The van der Waals surface area contributed by atoms with Crippen LogP contribution in [0.1, 0.15) is 55.6 Å². The van der Waals surface area contributed by atoms with Crippen molar-refractivity contribution in [3.63, 3.8) is 0 Å². The van der Waals surface area contributed by atoms with Gasteiger partial charge in [-0.25, -0.2) is 18.2 Å². The number of nitrogen functional groups attached to an aromatic ring is 1. The molecule has 0 saturated carbocycles. The third-order valence-electron chi connectivity index (χ3n) is 7.89. The number of esters is 1. The molecule has 4 rings (SSSR count). The number of H-pyrrole nitrogens is 1. The summed E-state index contributed by atoms with van der Waals surface area (Å²) in [5.74, 6) is -0.341. The van der Waals surface area contributed by atoms with E-state index in [9.17, 15) is 18.0 Å². The number of nitrogens with zero attached hydrogens (tertiary/aromatic N) is 2. The maximum absolute atomic E-state index is 14.2. The second-order valence-corrected chi connectivity index (χ2v) is 13.3. The van der Waals surface area contributed by atoms with E-state index in [1.807, 2.05) is 36.1 Å². The number of hydrogen-bond acceptors (Lipinski definition) is 9. The molecule has 1 fully saturated rings. The van der Waals surface area contributed by atoms with E-state index in [1.165, 1.54) is 0 Å². The number of hydrogen-bond donors (Lipinski definition) is 5. The molecular formula is C30H41N7O5S. The topological polar surface area (TPSA) is 183 Å². The van der Waals surface area contributed by atoms with Crippen LogP contribution < -0.4 is 16.4 Å². The van der Waals surface area contributed by atoms with E-state index in [-0.39, 0.29) is 24.9 Å². The number of fused-ring (bicyclic) bond motifs is 1. The number of carbonyl (C=O) groups excluding carboxylic acids is 2. The highest BCUT2D eigenvalue weighted by molar-refractivity contribution is 7.92. The average Bonchev–Trinajstić information content (AvgIpc) is 3.40. The Morgan fingerprint density at radius 2 is 1.84 bits per heavy atom. The molecule has 0 spiro atoms. The van der Waals surface area contributed by atoms with Gasteiger partial charge in [0.05, 0.1) is 29.6 Å². The Morgan fingerprint density at radius 1 is 1.16 bits per heavy atom. The number of sulfone groups is 1. The van der Waals surface area contributed by atoms with Crippen molar-refractivity contribution in [1.29, 1.82) is 5.41 Å². The van der Waals surface area contributed by atoms with Gasteiger partial charge in [-0.1, -0.05) is 6.07 Å². The fourth-order valence-corrected chi connectivity index (χ4v) is 6.36. The predicted molar refractivity (Wildman–Crippen MR) is 167 cm³/mol. The number of amides is 1. The fraction of sp³-hybridized carbons (Fsp3) is 0.467. The monoisotopic (exact) mass is 611 g/mol. The van der Waals surface area contributed by atoms with Gasteiger partial charge in [-0.3, -0.25) is 15.5 Å². The number of carbonyl (C=O) groups is 2. The number of aromatic nitrogens is 2. The summed E-state index contributed by atoms with van der Waals surface area (Å²) in [7, 11) is -3.87. The van der Waals surface area contributed by atoms with Gasteiger partial charge in [0, 0.05) is 37.1 Å². The average molecular weight is 612 g/mol. The summed E-state index contributed by atoms with van der Waals surface area (Å²) in [5.41, 5.74) is 8.81. The van der Waals surface area contributed by atoms with Gasteiger partial charge in [-0.2, -0.15) is 0 Å². The molecule has 0 radical (unpaired) electrons. The standard InChI is InChI=1S/C30H41N7O5S/c1-5-42-28(38)27(43(4,40)41)34-18-30(3,29(39)37-15-7-6-8-16-37)22-13-14-23-25(19(22)2)36-24(35-23)17-33-21-11-9-20(10-12-21)26(31)32/h9-14,27,33-34H,5-8,15-18H2,1-4H3,(H3,31,32)(H,35,36). The number of aromatic amines is 1. The number of rotatable bonds is 12. The number of piperidine rings is 1. The first-order valence-corrected chi connectivity index (χ1v) is 16.4. The molecule has 12 nitrogen and oxygen atoms in total. The highest BCUT2D eigenvalue weighted by Gasteiger charge is 2.42. The lowest BCUT2D eigenvalue weighted by molar-refractivity contribution is -0.144. The predicted octanol–water partition coefficient (Wildman–Crippen LogP) is 2.56. The second kappa shape index (κ2) is 13.1. The third kappa shape index (κ3) is 7.16. The van der Waals surface area contributed by atoms with E-state index in [2.05, 4.69) is 15.6 Å². The Balaban J connectivity index is 1.66. The maximum Gasteiger partial charge on any atom is 0.338 e. The summed E-state index contributed by atoms with van der Waals surface area (Å²) in [6.07, 6.45) is 3.82. The van der Waals surface area contributed by atoms with Crippen molar-refractivity contribution in [2.75, 3.05) is 37.8 Å². The number of benzene rings is 2. The lowest BCUT2D eigenvalue weighted by Gasteiger charge is -2.38. The zero-order valence-electron chi connectivity index (χ0n) is 25.1. The third-order valence-corrected chi connectivity index (χ3v) is 9.11. The maximum atomic E-state index is 14.2. The number of anilines is 1. The largest absolute Gasteiger partial charge is 0.464 e. The number of imidazole rings is 1. The molecule has 2 unspecified atom stereocenters. The van der Waals surface area contributed by atoms with Crippen LogP contribution in [0, 0.1) is 12.3 Å². The van der Waals surface area contributed by atoms with Crippen LogP contribution in [0.15, 0.2) is 36.4 Å². The molecule has 2 aromatic carbocycles. The van der Waals surface area contributed by atoms with Crippen molar-refractivity contribution in [2.45, 2.75) is 57.4 Å². The molecule has 13 heteroatoms. The first kappa shape index (κ1) is 32.0. The van der Waals surface area contributed by atoms with Crippen molar-refractivity contribution in [2.24, 2.45) is 5.73 Å². The van der Waals surface area contributed by atoms with Crippen LogP contribution in [0.3, 0.4) is 0 Å².